The van der Waals surface area contributed by atoms with Crippen LogP contribution in [0.5, 0.6) is 0 Å². The van der Waals surface area contributed by atoms with E-state index in [9.17, 15) is 0 Å². The SMILES string of the molecule is CC1(C)C=CC(C(C2=C(N)CC(C)(C)C=C2)c2ccccc2)=C(N)C1. The smallest absolute Gasteiger partial charge is 0.0373 e. The van der Waals surface area contributed by atoms with Crippen molar-refractivity contribution in [1.29, 1.82) is 0 Å². The molecular formula is C23H30N2. The van der Waals surface area contributed by atoms with Gasteiger partial charge in [-0.1, -0.05) is 82.3 Å². The molecule has 0 saturated heterocycles. The third-order valence-electron chi connectivity index (χ3n) is 5.22. The normalized spacial score (nSPS) is 22.0. The molecule has 0 heterocycles. The van der Waals surface area contributed by atoms with Crippen LogP contribution < -0.4 is 11.5 Å². The maximum atomic E-state index is 6.54. The van der Waals surface area contributed by atoms with Crippen molar-refractivity contribution >= 4 is 0 Å². The minimum Gasteiger partial charge on any atom is -0.402 e. The van der Waals surface area contributed by atoms with E-state index in [2.05, 4.69) is 82.3 Å². The molecule has 0 spiro atoms. The highest BCUT2D eigenvalue weighted by Gasteiger charge is 2.31. The molecule has 0 fully saturated rings. The van der Waals surface area contributed by atoms with E-state index in [-0.39, 0.29) is 16.7 Å². The second kappa shape index (κ2) is 6.25. The summed E-state index contributed by atoms with van der Waals surface area (Å²) in [5, 5.41) is 0. The Labute approximate surface area is 152 Å². The largest absolute Gasteiger partial charge is 0.402 e. The number of nitrogens with two attached hydrogens (primary N) is 2. The Hall–Kier alpha value is -2.22. The van der Waals surface area contributed by atoms with Crippen molar-refractivity contribution in [2.24, 2.45) is 22.3 Å². The van der Waals surface area contributed by atoms with Gasteiger partial charge < -0.3 is 11.5 Å². The second-order valence-electron chi connectivity index (χ2n) is 8.80. The van der Waals surface area contributed by atoms with Crippen LogP contribution in [0.4, 0.5) is 0 Å². The lowest BCUT2D eigenvalue weighted by atomic mass is 9.72. The summed E-state index contributed by atoms with van der Waals surface area (Å²) < 4.78 is 0. The molecule has 2 aliphatic carbocycles. The van der Waals surface area contributed by atoms with E-state index < -0.39 is 0 Å². The van der Waals surface area contributed by atoms with E-state index in [0.29, 0.717) is 0 Å². The van der Waals surface area contributed by atoms with Gasteiger partial charge in [0.05, 0.1) is 0 Å². The Kier molecular flexibility index (Phi) is 4.40. The molecular weight excluding hydrogens is 304 g/mol. The average Bonchev–Trinajstić information content (AvgIpc) is 2.51. The number of rotatable bonds is 3. The summed E-state index contributed by atoms with van der Waals surface area (Å²) in [5.74, 6) is 0.0981. The van der Waals surface area contributed by atoms with E-state index in [1.807, 2.05) is 0 Å². The molecule has 2 nitrogen and oxygen atoms in total. The first-order valence-corrected chi connectivity index (χ1v) is 9.09. The molecule has 0 aromatic heterocycles. The standard InChI is InChI=1S/C23H30N2/c1-22(2)12-10-17(19(24)14-22)21(16-8-6-5-7-9-16)18-11-13-23(3,4)15-20(18)25/h5-13,21H,14-15,24-25H2,1-4H3. The highest BCUT2D eigenvalue weighted by Crippen LogP contribution is 2.44. The molecule has 0 bridgehead atoms. The van der Waals surface area contributed by atoms with Crippen molar-refractivity contribution in [3.05, 3.63) is 82.7 Å². The molecule has 1 aromatic carbocycles. The summed E-state index contributed by atoms with van der Waals surface area (Å²) in [7, 11) is 0. The molecule has 25 heavy (non-hydrogen) atoms. The van der Waals surface area contributed by atoms with Gasteiger partial charge in [-0.2, -0.15) is 0 Å². The fourth-order valence-corrected chi connectivity index (χ4v) is 3.88. The van der Waals surface area contributed by atoms with Gasteiger partial charge in [0.2, 0.25) is 0 Å². The van der Waals surface area contributed by atoms with Gasteiger partial charge in [-0.05, 0) is 40.4 Å². The van der Waals surface area contributed by atoms with Crippen LogP contribution in [-0.4, -0.2) is 0 Å². The van der Waals surface area contributed by atoms with Crippen molar-refractivity contribution in [1.82, 2.24) is 0 Å². The Bertz CT molecular complexity index is 726. The van der Waals surface area contributed by atoms with Gasteiger partial charge in [0, 0.05) is 17.3 Å². The molecule has 0 aliphatic heterocycles. The molecule has 2 heteroatoms. The van der Waals surface area contributed by atoms with Crippen molar-refractivity contribution in [2.45, 2.75) is 46.5 Å². The van der Waals surface area contributed by atoms with Gasteiger partial charge in [-0.3, -0.25) is 0 Å². The van der Waals surface area contributed by atoms with E-state index >= 15 is 0 Å². The highest BCUT2D eigenvalue weighted by atomic mass is 14.6. The van der Waals surface area contributed by atoms with Gasteiger partial charge in [-0.15, -0.1) is 0 Å². The lowest BCUT2D eigenvalue weighted by molar-refractivity contribution is 0.457. The molecule has 0 amide bonds. The number of hydrogen-bond acceptors (Lipinski definition) is 2. The number of hydrogen-bond donors (Lipinski definition) is 2. The Morgan fingerprint density at radius 2 is 1.20 bits per heavy atom. The predicted octanol–water partition coefficient (Wildman–Crippen LogP) is 5.17. The Morgan fingerprint density at radius 3 is 1.60 bits per heavy atom. The van der Waals surface area contributed by atoms with Gasteiger partial charge in [-0.25, -0.2) is 0 Å². The number of benzene rings is 1. The summed E-state index contributed by atoms with van der Waals surface area (Å²) in [5.41, 5.74) is 18.9. The quantitative estimate of drug-likeness (QED) is 0.801. The molecule has 4 N–H and O–H groups in total. The van der Waals surface area contributed by atoms with Crippen LogP contribution in [0.3, 0.4) is 0 Å². The first-order chi connectivity index (χ1) is 11.7. The molecule has 3 rings (SSSR count). The first-order valence-electron chi connectivity index (χ1n) is 9.09. The molecule has 0 radical (unpaired) electrons. The highest BCUT2D eigenvalue weighted by molar-refractivity contribution is 5.52. The molecule has 0 saturated carbocycles. The zero-order valence-electron chi connectivity index (χ0n) is 15.8. The minimum absolute atomic E-state index is 0.0981. The third kappa shape index (κ3) is 3.73. The molecule has 132 valence electrons. The first kappa shape index (κ1) is 17.6. The van der Waals surface area contributed by atoms with Crippen LogP contribution in [-0.2, 0) is 0 Å². The predicted molar refractivity (Wildman–Crippen MR) is 107 cm³/mol. The second-order valence-corrected chi connectivity index (χ2v) is 8.80. The maximum Gasteiger partial charge on any atom is 0.0373 e. The molecule has 2 aliphatic rings. The zero-order chi connectivity index (χ0) is 18.2. The van der Waals surface area contributed by atoms with E-state index in [1.165, 1.54) is 16.7 Å². The van der Waals surface area contributed by atoms with Gasteiger partial charge >= 0.3 is 0 Å². The van der Waals surface area contributed by atoms with Gasteiger partial charge in [0.15, 0.2) is 0 Å². The van der Waals surface area contributed by atoms with Crippen LogP contribution in [0.25, 0.3) is 0 Å². The summed E-state index contributed by atoms with van der Waals surface area (Å²) in [6.07, 6.45) is 10.7. The topological polar surface area (TPSA) is 52.0 Å². The minimum atomic E-state index is 0.0981. The van der Waals surface area contributed by atoms with Crippen LogP contribution in [0.2, 0.25) is 0 Å². The summed E-state index contributed by atoms with van der Waals surface area (Å²) in [4.78, 5) is 0. The summed E-state index contributed by atoms with van der Waals surface area (Å²) in [6.45, 7) is 8.89. The monoisotopic (exact) mass is 334 g/mol. The zero-order valence-corrected chi connectivity index (χ0v) is 15.8. The lowest BCUT2D eigenvalue weighted by Crippen LogP contribution is -2.24. The van der Waals surface area contributed by atoms with Crippen LogP contribution in [0, 0.1) is 10.8 Å². The van der Waals surface area contributed by atoms with Crippen molar-refractivity contribution in [3.8, 4) is 0 Å². The van der Waals surface area contributed by atoms with Crippen molar-refractivity contribution < 1.29 is 0 Å². The summed E-state index contributed by atoms with van der Waals surface area (Å²) in [6, 6.07) is 10.6. The van der Waals surface area contributed by atoms with Gasteiger partial charge in [0.1, 0.15) is 0 Å². The van der Waals surface area contributed by atoms with Gasteiger partial charge in [0.25, 0.3) is 0 Å². The molecule has 1 aromatic rings. The Morgan fingerprint density at radius 1 is 0.760 bits per heavy atom. The van der Waals surface area contributed by atoms with E-state index in [1.54, 1.807) is 0 Å². The third-order valence-corrected chi connectivity index (χ3v) is 5.22. The molecule has 0 atom stereocenters. The fourth-order valence-electron chi connectivity index (χ4n) is 3.88. The van der Waals surface area contributed by atoms with Crippen LogP contribution >= 0.6 is 0 Å². The van der Waals surface area contributed by atoms with Crippen molar-refractivity contribution in [3.63, 3.8) is 0 Å². The van der Waals surface area contributed by atoms with E-state index in [0.717, 1.165) is 24.2 Å². The van der Waals surface area contributed by atoms with Crippen molar-refractivity contribution in [2.75, 3.05) is 0 Å². The van der Waals surface area contributed by atoms with Crippen LogP contribution in [0.1, 0.15) is 52.0 Å². The fraction of sp³-hybridized carbons (Fsp3) is 0.391. The lowest BCUT2D eigenvalue weighted by Gasteiger charge is -2.34. The number of allylic oxidation sites excluding steroid dienone is 8. The summed E-state index contributed by atoms with van der Waals surface area (Å²) >= 11 is 0. The Balaban J connectivity index is 2.11. The molecule has 0 unspecified atom stereocenters. The van der Waals surface area contributed by atoms with Crippen LogP contribution in [0.15, 0.2) is 77.2 Å². The maximum absolute atomic E-state index is 6.54. The average molecular weight is 335 g/mol. The van der Waals surface area contributed by atoms with E-state index in [4.69, 9.17) is 11.5 Å².